The molecular formula is C22H28F6N4O. The van der Waals surface area contributed by atoms with Gasteiger partial charge in [0.25, 0.3) is 0 Å². The van der Waals surface area contributed by atoms with Crippen molar-refractivity contribution in [1.82, 2.24) is 9.97 Å². The van der Waals surface area contributed by atoms with Crippen molar-refractivity contribution in [2.75, 3.05) is 17.2 Å². The van der Waals surface area contributed by atoms with E-state index in [1.165, 1.54) is 13.0 Å². The van der Waals surface area contributed by atoms with Gasteiger partial charge < -0.3 is 15.7 Å². The van der Waals surface area contributed by atoms with Crippen molar-refractivity contribution < 1.29 is 31.4 Å². The summed E-state index contributed by atoms with van der Waals surface area (Å²) >= 11 is 0. The molecule has 1 heterocycles. The molecule has 0 bridgehead atoms. The molecule has 1 saturated carbocycles. The van der Waals surface area contributed by atoms with E-state index in [1.54, 1.807) is 27.7 Å². The third kappa shape index (κ3) is 5.34. The summed E-state index contributed by atoms with van der Waals surface area (Å²) < 4.78 is 80.6. The van der Waals surface area contributed by atoms with Crippen LogP contribution < -0.4 is 10.6 Å². The molecule has 184 valence electrons. The van der Waals surface area contributed by atoms with Crippen molar-refractivity contribution in [3.8, 4) is 0 Å². The Morgan fingerprint density at radius 2 is 1.73 bits per heavy atom. The molecule has 1 aromatic heterocycles. The third-order valence-electron chi connectivity index (χ3n) is 5.99. The van der Waals surface area contributed by atoms with E-state index in [-0.39, 0.29) is 18.1 Å². The molecule has 11 heteroatoms. The van der Waals surface area contributed by atoms with Gasteiger partial charge >= 0.3 is 12.4 Å². The van der Waals surface area contributed by atoms with Gasteiger partial charge in [-0.05, 0) is 12.5 Å². The van der Waals surface area contributed by atoms with Crippen LogP contribution >= 0.6 is 0 Å². The van der Waals surface area contributed by atoms with Crippen molar-refractivity contribution in [3.05, 3.63) is 47.7 Å². The Morgan fingerprint density at radius 1 is 1.15 bits per heavy atom. The van der Waals surface area contributed by atoms with Crippen LogP contribution in [0.15, 0.2) is 42.2 Å². The summed E-state index contributed by atoms with van der Waals surface area (Å²) in [5.41, 5.74) is -3.68. The SMILES string of the molecule is C=C/C=C(\C(=C/C)CNc1ncc(C(F)(F)F)c(NC2C(C)(C)C(O)C2(C)C)n1)C(F)(F)F. The van der Waals surface area contributed by atoms with Crippen LogP contribution in [0, 0.1) is 10.8 Å². The average molecular weight is 478 g/mol. The number of rotatable bonds is 7. The minimum atomic E-state index is -4.76. The average Bonchev–Trinajstić information content (AvgIpc) is 2.69. The highest BCUT2D eigenvalue weighted by molar-refractivity contribution is 5.52. The van der Waals surface area contributed by atoms with E-state index >= 15 is 0 Å². The molecule has 33 heavy (non-hydrogen) atoms. The summed E-state index contributed by atoms with van der Waals surface area (Å²) in [4.78, 5) is 7.55. The lowest BCUT2D eigenvalue weighted by Crippen LogP contribution is -2.70. The predicted octanol–water partition coefficient (Wildman–Crippen LogP) is 5.74. The molecule has 1 fully saturated rings. The number of hydrogen-bond acceptors (Lipinski definition) is 5. The van der Waals surface area contributed by atoms with Gasteiger partial charge in [0, 0.05) is 29.6 Å². The zero-order valence-electron chi connectivity index (χ0n) is 19.0. The summed E-state index contributed by atoms with van der Waals surface area (Å²) in [5.74, 6) is -0.793. The van der Waals surface area contributed by atoms with E-state index in [0.717, 1.165) is 12.2 Å². The largest absolute Gasteiger partial charge is 0.421 e. The van der Waals surface area contributed by atoms with Crippen molar-refractivity contribution in [2.45, 2.75) is 59.1 Å². The Balaban J connectivity index is 2.36. The van der Waals surface area contributed by atoms with Gasteiger partial charge in [0.2, 0.25) is 5.95 Å². The predicted molar refractivity (Wildman–Crippen MR) is 115 cm³/mol. The fourth-order valence-corrected chi connectivity index (χ4v) is 4.46. The molecular weight excluding hydrogens is 450 g/mol. The first-order valence-corrected chi connectivity index (χ1v) is 10.2. The smallest absolute Gasteiger partial charge is 0.392 e. The van der Waals surface area contributed by atoms with E-state index in [0.29, 0.717) is 6.20 Å². The number of allylic oxidation sites excluding steroid dienone is 3. The van der Waals surface area contributed by atoms with Crippen LogP contribution in [0.5, 0.6) is 0 Å². The molecule has 1 aliphatic carbocycles. The maximum Gasteiger partial charge on any atom is 0.421 e. The maximum absolute atomic E-state index is 13.6. The quantitative estimate of drug-likeness (QED) is 0.345. The monoisotopic (exact) mass is 478 g/mol. The van der Waals surface area contributed by atoms with Crippen LogP contribution in [0.3, 0.4) is 0 Å². The van der Waals surface area contributed by atoms with Crippen LogP contribution in [-0.2, 0) is 6.18 Å². The molecule has 0 aliphatic heterocycles. The molecule has 5 nitrogen and oxygen atoms in total. The molecule has 1 aliphatic rings. The number of aliphatic hydroxyl groups is 1. The Kier molecular flexibility index (Phi) is 7.28. The fraction of sp³-hybridized carbons (Fsp3) is 0.545. The van der Waals surface area contributed by atoms with E-state index in [2.05, 4.69) is 27.2 Å². The Labute approximate surface area is 188 Å². The first-order chi connectivity index (χ1) is 15.0. The number of anilines is 2. The Morgan fingerprint density at radius 3 is 2.18 bits per heavy atom. The molecule has 0 aromatic carbocycles. The first kappa shape index (κ1) is 26.7. The lowest BCUT2D eigenvalue weighted by atomic mass is 9.49. The van der Waals surface area contributed by atoms with Crippen LogP contribution in [0.2, 0.25) is 0 Å². The van der Waals surface area contributed by atoms with Gasteiger partial charge in [-0.25, -0.2) is 4.98 Å². The summed E-state index contributed by atoms with van der Waals surface area (Å²) in [6, 6.07) is -0.553. The highest BCUT2D eigenvalue weighted by Gasteiger charge is 2.61. The normalized spacial score (nSPS) is 23.0. The second-order valence-electron chi connectivity index (χ2n) is 9.06. The zero-order valence-corrected chi connectivity index (χ0v) is 19.0. The molecule has 3 N–H and O–H groups in total. The summed E-state index contributed by atoms with van der Waals surface area (Å²) in [7, 11) is 0. The first-order valence-electron chi connectivity index (χ1n) is 10.2. The number of aromatic nitrogens is 2. The highest BCUT2D eigenvalue weighted by Crippen LogP contribution is 2.55. The van der Waals surface area contributed by atoms with Crippen LogP contribution in [-0.4, -0.2) is 39.9 Å². The van der Waals surface area contributed by atoms with Gasteiger partial charge in [-0.1, -0.05) is 52.5 Å². The third-order valence-corrected chi connectivity index (χ3v) is 5.99. The summed E-state index contributed by atoms with van der Waals surface area (Å²) in [5, 5.41) is 15.7. The summed E-state index contributed by atoms with van der Waals surface area (Å²) in [6.45, 7) is 11.2. The van der Waals surface area contributed by atoms with Gasteiger partial charge in [-0.3, -0.25) is 0 Å². The number of aliphatic hydroxyl groups excluding tert-OH is 1. The minimum absolute atomic E-state index is 0.148. The number of nitrogens with one attached hydrogen (secondary N) is 2. The van der Waals surface area contributed by atoms with Crippen molar-refractivity contribution in [1.29, 1.82) is 0 Å². The van der Waals surface area contributed by atoms with Crippen molar-refractivity contribution >= 4 is 11.8 Å². The lowest BCUT2D eigenvalue weighted by Gasteiger charge is -2.62. The van der Waals surface area contributed by atoms with Crippen LogP contribution in [0.1, 0.15) is 40.2 Å². The molecule has 0 atom stereocenters. The summed E-state index contributed by atoms with van der Waals surface area (Å²) in [6.07, 6.45) is -6.54. The molecule has 2 rings (SSSR count). The van der Waals surface area contributed by atoms with E-state index in [1.807, 2.05) is 0 Å². The zero-order chi connectivity index (χ0) is 25.4. The lowest BCUT2D eigenvalue weighted by molar-refractivity contribution is -0.163. The van der Waals surface area contributed by atoms with E-state index < -0.39 is 52.3 Å². The fourth-order valence-electron chi connectivity index (χ4n) is 4.46. The number of halogens is 6. The van der Waals surface area contributed by atoms with Gasteiger partial charge in [0.1, 0.15) is 11.4 Å². The topological polar surface area (TPSA) is 70.1 Å². The molecule has 0 radical (unpaired) electrons. The maximum atomic E-state index is 13.6. The highest BCUT2D eigenvalue weighted by atomic mass is 19.4. The molecule has 0 amide bonds. The van der Waals surface area contributed by atoms with Crippen molar-refractivity contribution in [2.24, 2.45) is 10.8 Å². The Hall–Kier alpha value is -2.56. The van der Waals surface area contributed by atoms with E-state index in [9.17, 15) is 31.4 Å². The van der Waals surface area contributed by atoms with Crippen LogP contribution in [0.4, 0.5) is 38.1 Å². The molecule has 1 aromatic rings. The molecule has 0 spiro atoms. The number of alkyl halides is 6. The number of nitrogens with zero attached hydrogens (tertiary/aromatic N) is 2. The standard InChI is InChI=1S/C22H28F6N4O/c1-7-9-13(21(23,24)25)12(8-2)10-29-18-30-11-14(22(26,27)28)15(32-18)31-16-19(3,4)17(33)20(16,5)6/h7-9,11,16-17,33H,1,10H2,2-6H3,(H2,29,30,31,32)/b12-8-,13-9+. The van der Waals surface area contributed by atoms with Crippen LogP contribution in [0.25, 0.3) is 0 Å². The minimum Gasteiger partial charge on any atom is -0.392 e. The number of hydrogen-bond donors (Lipinski definition) is 3. The second-order valence-corrected chi connectivity index (χ2v) is 9.06. The van der Waals surface area contributed by atoms with Crippen molar-refractivity contribution in [3.63, 3.8) is 0 Å². The molecule has 0 unspecified atom stereocenters. The van der Waals surface area contributed by atoms with Gasteiger partial charge in [0.15, 0.2) is 0 Å². The second kappa shape index (κ2) is 9.00. The van der Waals surface area contributed by atoms with Gasteiger partial charge in [0.05, 0.1) is 11.7 Å². The van der Waals surface area contributed by atoms with E-state index in [4.69, 9.17) is 0 Å². The van der Waals surface area contributed by atoms with Gasteiger partial charge in [-0.2, -0.15) is 31.3 Å². The molecule has 0 saturated heterocycles. The van der Waals surface area contributed by atoms with Gasteiger partial charge in [-0.15, -0.1) is 0 Å². The Bertz CT molecular complexity index is 931.